The van der Waals surface area contributed by atoms with E-state index in [1.54, 1.807) is 4.90 Å². The Bertz CT molecular complexity index is 967. The van der Waals surface area contributed by atoms with E-state index in [0.717, 1.165) is 43.1 Å². The van der Waals surface area contributed by atoms with Crippen LogP contribution >= 0.6 is 0 Å². The zero-order chi connectivity index (χ0) is 26.6. The van der Waals surface area contributed by atoms with E-state index in [1.807, 2.05) is 41.5 Å². The Balaban J connectivity index is 1.59. The summed E-state index contributed by atoms with van der Waals surface area (Å²) in [5.74, 6) is 1.54. The van der Waals surface area contributed by atoms with E-state index >= 15 is 0 Å². The summed E-state index contributed by atoms with van der Waals surface area (Å²) in [6.07, 6.45) is 5.33. The first-order valence-corrected chi connectivity index (χ1v) is 13.7. The highest BCUT2D eigenvalue weighted by molar-refractivity contribution is 5.77. The van der Waals surface area contributed by atoms with E-state index in [4.69, 9.17) is 14.0 Å². The van der Waals surface area contributed by atoms with Gasteiger partial charge in [0.1, 0.15) is 17.0 Å². The van der Waals surface area contributed by atoms with Crippen molar-refractivity contribution in [2.24, 2.45) is 17.3 Å². The number of amides is 1. The summed E-state index contributed by atoms with van der Waals surface area (Å²) in [4.78, 5) is 27.9. The third-order valence-electron chi connectivity index (χ3n) is 7.31. The Kier molecular flexibility index (Phi) is 7.02. The maximum atomic E-state index is 13.3. The molecule has 3 aliphatic rings. The zero-order valence-corrected chi connectivity index (χ0v) is 23.8. The number of likely N-dealkylation sites (tertiary alicyclic amines) is 1. The Morgan fingerprint density at radius 1 is 0.917 bits per heavy atom. The molecule has 7 heteroatoms. The van der Waals surface area contributed by atoms with Crippen LogP contribution in [0.15, 0.2) is 4.52 Å². The highest BCUT2D eigenvalue weighted by Crippen LogP contribution is 2.54. The molecule has 4 rings (SSSR count). The fourth-order valence-corrected chi connectivity index (χ4v) is 5.82. The van der Waals surface area contributed by atoms with Crippen LogP contribution in [-0.2, 0) is 14.3 Å². The van der Waals surface area contributed by atoms with E-state index in [2.05, 4.69) is 25.9 Å². The largest absolute Gasteiger partial charge is 0.460 e. The van der Waals surface area contributed by atoms with Gasteiger partial charge in [-0.15, -0.1) is 0 Å². The van der Waals surface area contributed by atoms with Crippen molar-refractivity contribution in [3.63, 3.8) is 0 Å². The van der Waals surface area contributed by atoms with Gasteiger partial charge in [0.15, 0.2) is 0 Å². The number of carbonyl (C=O) groups excluding carboxylic acids is 2. The lowest BCUT2D eigenvalue weighted by Gasteiger charge is -2.38. The minimum absolute atomic E-state index is 0.258. The van der Waals surface area contributed by atoms with Gasteiger partial charge in [0.05, 0.1) is 11.6 Å². The van der Waals surface area contributed by atoms with Crippen molar-refractivity contribution in [3.8, 4) is 0 Å². The second-order valence-corrected chi connectivity index (χ2v) is 14.6. The Labute approximate surface area is 216 Å². The topological polar surface area (TPSA) is 81.9 Å². The van der Waals surface area contributed by atoms with E-state index in [9.17, 15) is 9.59 Å². The van der Waals surface area contributed by atoms with Crippen molar-refractivity contribution >= 4 is 12.1 Å². The van der Waals surface area contributed by atoms with Crippen LogP contribution in [0.4, 0.5) is 4.79 Å². The Morgan fingerprint density at radius 3 is 2.06 bits per heavy atom. The number of hydrogen-bond donors (Lipinski definition) is 0. The van der Waals surface area contributed by atoms with Crippen molar-refractivity contribution in [1.82, 2.24) is 10.1 Å². The highest BCUT2D eigenvalue weighted by atomic mass is 16.6. The molecule has 0 aromatic carbocycles. The molecule has 0 N–H and O–H groups in total. The summed E-state index contributed by atoms with van der Waals surface area (Å²) < 4.78 is 17.5. The molecule has 7 nitrogen and oxygen atoms in total. The maximum Gasteiger partial charge on any atom is 0.410 e. The number of carbonyl (C=O) groups is 2. The van der Waals surface area contributed by atoms with Gasteiger partial charge in [-0.3, -0.25) is 4.79 Å². The van der Waals surface area contributed by atoms with Crippen LogP contribution in [-0.4, -0.2) is 46.4 Å². The molecule has 2 saturated carbocycles. The van der Waals surface area contributed by atoms with Crippen LogP contribution in [0, 0.1) is 17.3 Å². The van der Waals surface area contributed by atoms with Crippen LogP contribution in [0.25, 0.3) is 0 Å². The molecular weight excluding hydrogens is 456 g/mol. The van der Waals surface area contributed by atoms with Crippen molar-refractivity contribution in [2.45, 2.75) is 123 Å². The van der Waals surface area contributed by atoms with E-state index in [-0.39, 0.29) is 18.4 Å². The highest BCUT2D eigenvalue weighted by Gasteiger charge is 2.49. The summed E-state index contributed by atoms with van der Waals surface area (Å²) in [6, 6.07) is 0. The summed E-state index contributed by atoms with van der Waals surface area (Å²) in [6.45, 7) is 18.7. The van der Waals surface area contributed by atoms with Gasteiger partial charge < -0.3 is 18.9 Å². The van der Waals surface area contributed by atoms with E-state index < -0.39 is 23.2 Å². The predicted molar refractivity (Wildman–Crippen MR) is 138 cm³/mol. The molecule has 1 aromatic heterocycles. The Morgan fingerprint density at radius 2 is 1.53 bits per heavy atom. The molecule has 1 aliphatic heterocycles. The minimum atomic E-state index is -0.608. The SMILES string of the molecule is CC(C)(C)CC1CC(c2onc([C@H]3CN(C(=O)OC(C)(C)C)C[C@@H]3C(=O)OC(C)(C)C)c2C2CC2)C1. The van der Waals surface area contributed by atoms with Crippen molar-refractivity contribution in [3.05, 3.63) is 17.0 Å². The lowest BCUT2D eigenvalue weighted by atomic mass is 9.66. The summed E-state index contributed by atoms with van der Waals surface area (Å²) in [5, 5.41) is 4.60. The van der Waals surface area contributed by atoms with E-state index in [0.29, 0.717) is 23.8 Å². The van der Waals surface area contributed by atoms with Crippen molar-refractivity contribution < 1.29 is 23.6 Å². The van der Waals surface area contributed by atoms with Gasteiger partial charge in [-0.2, -0.15) is 0 Å². The molecule has 202 valence electrons. The molecule has 1 aromatic rings. The average Bonchev–Trinajstić information content (AvgIpc) is 3.24. The number of esters is 1. The molecule has 1 amide bonds. The molecule has 2 aliphatic carbocycles. The standard InChI is InChI=1S/C29H46N2O5/c1-27(2,3)14-17-12-19(13-17)24-22(18-10-11-18)23(30-36-24)20-15-31(26(33)35-29(7,8)9)16-21(20)25(32)34-28(4,5)6/h17-21H,10-16H2,1-9H3/t17?,19?,20-,21-/m0/s1. The molecule has 2 heterocycles. The third kappa shape index (κ3) is 6.44. The van der Waals surface area contributed by atoms with Gasteiger partial charge in [-0.1, -0.05) is 25.9 Å². The molecule has 36 heavy (non-hydrogen) atoms. The monoisotopic (exact) mass is 502 g/mol. The van der Waals surface area contributed by atoms with Crippen LogP contribution in [0.1, 0.15) is 129 Å². The molecule has 1 saturated heterocycles. The van der Waals surface area contributed by atoms with E-state index in [1.165, 1.54) is 12.0 Å². The van der Waals surface area contributed by atoms with Gasteiger partial charge >= 0.3 is 12.1 Å². The fourth-order valence-electron chi connectivity index (χ4n) is 5.82. The fraction of sp³-hybridized carbons (Fsp3) is 0.828. The number of aromatic nitrogens is 1. The first kappa shape index (κ1) is 27.0. The smallest absolute Gasteiger partial charge is 0.410 e. The van der Waals surface area contributed by atoms with Crippen LogP contribution < -0.4 is 0 Å². The number of nitrogens with zero attached hydrogens (tertiary/aromatic N) is 2. The lowest BCUT2D eigenvalue weighted by molar-refractivity contribution is -0.159. The molecule has 0 unspecified atom stereocenters. The third-order valence-corrected chi connectivity index (χ3v) is 7.31. The summed E-state index contributed by atoms with van der Waals surface area (Å²) in [7, 11) is 0. The number of rotatable bonds is 5. The lowest BCUT2D eigenvalue weighted by Crippen LogP contribution is -2.36. The molecule has 0 bridgehead atoms. The van der Waals surface area contributed by atoms with Gasteiger partial charge in [-0.05, 0) is 90.9 Å². The van der Waals surface area contributed by atoms with Gasteiger partial charge in [0, 0.05) is 30.5 Å². The maximum absolute atomic E-state index is 13.3. The van der Waals surface area contributed by atoms with Gasteiger partial charge in [0.25, 0.3) is 0 Å². The molecule has 3 fully saturated rings. The van der Waals surface area contributed by atoms with Crippen LogP contribution in [0.3, 0.4) is 0 Å². The average molecular weight is 503 g/mol. The first-order chi connectivity index (χ1) is 16.5. The summed E-state index contributed by atoms with van der Waals surface area (Å²) >= 11 is 0. The minimum Gasteiger partial charge on any atom is -0.460 e. The second-order valence-electron chi connectivity index (χ2n) is 14.6. The van der Waals surface area contributed by atoms with Gasteiger partial charge in [-0.25, -0.2) is 4.79 Å². The van der Waals surface area contributed by atoms with Crippen molar-refractivity contribution in [2.75, 3.05) is 13.1 Å². The van der Waals surface area contributed by atoms with Gasteiger partial charge in [0.2, 0.25) is 0 Å². The second kappa shape index (κ2) is 9.36. The number of ether oxygens (including phenoxy) is 2. The number of hydrogen-bond acceptors (Lipinski definition) is 6. The van der Waals surface area contributed by atoms with Crippen molar-refractivity contribution in [1.29, 1.82) is 0 Å². The zero-order valence-electron chi connectivity index (χ0n) is 23.8. The quantitative estimate of drug-likeness (QED) is 0.413. The predicted octanol–water partition coefficient (Wildman–Crippen LogP) is 6.77. The molecule has 0 spiro atoms. The van der Waals surface area contributed by atoms with Crippen LogP contribution in [0.2, 0.25) is 0 Å². The van der Waals surface area contributed by atoms with Crippen LogP contribution in [0.5, 0.6) is 0 Å². The normalized spacial score (nSPS) is 27.1. The molecule has 0 radical (unpaired) electrons. The Hall–Kier alpha value is -2.05. The molecule has 2 atom stereocenters. The summed E-state index contributed by atoms with van der Waals surface area (Å²) in [5.41, 5.74) is 1.18. The molecular formula is C29H46N2O5. The first-order valence-electron chi connectivity index (χ1n) is 13.7.